The summed E-state index contributed by atoms with van der Waals surface area (Å²) in [5.74, 6) is 0.243. The van der Waals surface area contributed by atoms with Crippen molar-refractivity contribution < 1.29 is 19.0 Å². The Morgan fingerprint density at radius 3 is 2.68 bits per heavy atom. The molecule has 0 aromatic heterocycles. The van der Waals surface area contributed by atoms with Gasteiger partial charge in [0.15, 0.2) is 6.61 Å². The molecule has 0 saturated carbocycles. The van der Waals surface area contributed by atoms with Gasteiger partial charge in [-0.25, -0.2) is 4.39 Å². The molecule has 1 saturated heterocycles. The van der Waals surface area contributed by atoms with Gasteiger partial charge >= 0.3 is 0 Å². The first-order valence-electron chi connectivity index (χ1n) is 7.44. The Morgan fingerprint density at radius 2 is 2.09 bits per heavy atom. The zero-order chi connectivity index (χ0) is 16.1. The predicted octanol–water partition coefficient (Wildman–Crippen LogP) is 0.975. The molecule has 0 unspecified atom stereocenters. The molecule has 122 valence electrons. The van der Waals surface area contributed by atoms with E-state index in [1.165, 1.54) is 24.3 Å². The van der Waals surface area contributed by atoms with Crippen LogP contribution in [0.1, 0.15) is 6.42 Å². The minimum absolute atomic E-state index is 0.0599. The second kappa shape index (κ2) is 7.56. The zero-order valence-corrected chi connectivity index (χ0v) is 13.0. The molecule has 1 fully saturated rings. The van der Waals surface area contributed by atoms with Crippen molar-refractivity contribution in [2.75, 3.05) is 40.4 Å². The topological polar surface area (TPSA) is 53.0 Å². The monoisotopic (exact) mass is 310 g/mol. The summed E-state index contributed by atoms with van der Waals surface area (Å²) < 4.78 is 18.2. The van der Waals surface area contributed by atoms with E-state index in [2.05, 4.69) is 0 Å². The molecule has 1 aromatic carbocycles. The van der Waals surface area contributed by atoms with E-state index in [0.717, 1.165) is 6.42 Å². The maximum Gasteiger partial charge on any atom is 0.260 e. The molecule has 1 aliphatic rings. The molecule has 0 aliphatic carbocycles. The Morgan fingerprint density at radius 1 is 1.41 bits per heavy atom. The van der Waals surface area contributed by atoms with E-state index in [1.54, 1.807) is 4.90 Å². The summed E-state index contributed by atoms with van der Waals surface area (Å²) in [6.45, 7) is 1.29. The van der Waals surface area contributed by atoms with Gasteiger partial charge in [-0.3, -0.25) is 4.79 Å². The summed E-state index contributed by atoms with van der Waals surface area (Å²) >= 11 is 0. The van der Waals surface area contributed by atoms with Crippen LogP contribution in [0.2, 0.25) is 0 Å². The largest absolute Gasteiger partial charge is 0.484 e. The van der Waals surface area contributed by atoms with E-state index in [4.69, 9.17) is 4.74 Å². The molecule has 22 heavy (non-hydrogen) atoms. The number of hydrogen-bond donors (Lipinski definition) is 1. The smallest absolute Gasteiger partial charge is 0.260 e. The highest BCUT2D eigenvalue weighted by molar-refractivity contribution is 5.78. The number of halogens is 1. The van der Waals surface area contributed by atoms with Crippen LogP contribution in [-0.2, 0) is 4.79 Å². The lowest BCUT2D eigenvalue weighted by atomic mass is 9.91. The normalized spacial score (nSPS) is 22.0. The van der Waals surface area contributed by atoms with Crippen LogP contribution in [0.3, 0.4) is 0 Å². The Kier molecular flexibility index (Phi) is 5.74. The third-order valence-corrected chi connectivity index (χ3v) is 4.15. The first-order valence-corrected chi connectivity index (χ1v) is 7.44. The van der Waals surface area contributed by atoms with Gasteiger partial charge in [-0.05, 0) is 44.8 Å². The van der Waals surface area contributed by atoms with Gasteiger partial charge in [0.2, 0.25) is 0 Å². The van der Waals surface area contributed by atoms with Crippen molar-refractivity contribution in [2.45, 2.75) is 12.5 Å². The van der Waals surface area contributed by atoms with Crippen molar-refractivity contribution in [3.8, 4) is 5.75 Å². The Bertz CT molecular complexity index is 493. The van der Waals surface area contributed by atoms with Gasteiger partial charge in [0.1, 0.15) is 11.6 Å². The number of carbonyl (C=O) groups excluding carboxylic acids is 1. The molecule has 1 amide bonds. The summed E-state index contributed by atoms with van der Waals surface area (Å²) in [6, 6.07) is 5.75. The van der Waals surface area contributed by atoms with Crippen LogP contribution in [0.5, 0.6) is 5.75 Å². The Balaban J connectivity index is 1.88. The number of aliphatic hydroxyl groups is 1. The van der Waals surface area contributed by atoms with Gasteiger partial charge < -0.3 is 19.6 Å². The summed E-state index contributed by atoms with van der Waals surface area (Å²) in [5.41, 5.74) is 0. The van der Waals surface area contributed by atoms with Crippen LogP contribution in [0.15, 0.2) is 24.3 Å². The van der Waals surface area contributed by atoms with E-state index in [1.807, 2.05) is 19.0 Å². The number of nitrogens with zero attached hydrogens (tertiary/aromatic N) is 2. The van der Waals surface area contributed by atoms with Crippen LogP contribution in [0.4, 0.5) is 4.39 Å². The quantitative estimate of drug-likeness (QED) is 0.881. The van der Waals surface area contributed by atoms with Gasteiger partial charge in [-0.2, -0.15) is 0 Å². The third-order valence-electron chi connectivity index (χ3n) is 4.15. The molecular formula is C16H23FN2O3. The van der Waals surface area contributed by atoms with Crippen LogP contribution in [0, 0.1) is 11.7 Å². The standard InChI is InChI=1S/C16H23FN2O3/c1-18(2)15-9-19(8-7-12(15)10-20)16(21)11-22-14-5-3-13(17)4-6-14/h3-6,12,15,20H,7-11H2,1-2H3/t12-,15-/m1/s1. The molecule has 2 atom stereocenters. The SMILES string of the molecule is CN(C)[C@@H]1CN(C(=O)COc2ccc(F)cc2)CC[C@@H]1CO. The molecule has 1 aliphatic heterocycles. The van der Waals surface area contributed by atoms with Crippen LogP contribution in [0.25, 0.3) is 0 Å². The molecule has 2 rings (SSSR count). The highest BCUT2D eigenvalue weighted by atomic mass is 19.1. The molecule has 1 aromatic rings. The first-order chi connectivity index (χ1) is 10.5. The van der Waals surface area contributed by atoms with Crippen molar-refractivity contribution in [2.24, 2.45) is 5.92 Å². The fraction of sp³-hybridized carbons (Fsp3) is 0.562. The minimum Gasteiger partial charge on any atom is -0.484 e. The van der Waals surface area contributed by atoms with Gasteiger partial charge in [-0.15, -0.1) is 0 Å². The molecule has 0 bridgehead atoms. The van der Waals surface area contributed by atoms with E-state index < -0.39 is 0 Å². The highest BCUT2D eigenvalue weighted by Crippen LogP contribution is 2.21. The summed E-state index contributed by atoms with van der Waals surface area (Å²) in [5, 5.41) is 9.42. The van der Waals surface area contributed by atoms with Gasteiger partial charge in [0.05, 0.1) is 0 Å². The van der Waals surface area contributed by atoms with Crippen LogP contribution < -0.4 is 4.74 Å². The number of likely N-dealkylation sites (tertiary alicyclic amines) is 1. The molecule has 0 spiro atoms. The van der Waals surface area contributed by atoms with Gasteiger partial charge in [-0.1, -0.05) is 0 Å². The van der Waals surface area contributed by atoms with Crippen LogP contribution in [-0.4, -0.2) is 67.3 Å². The zero-order valence-electron chi connectivity index (χ0n) is 13.0. The second-order valence-electron chi connectivity index (χ2n) is 5.84. The number of piperidine rings is 1. The predicted molar refractivity (Wildman–Crippen MR) is 81.1 cm³/mol. The number of hydrogen-bond acceptors (Lipinski definition) is 4. The van der Waals surface area contributed by atoms with Crippen molar-refractivity contribution >= 4 is 5.91 Å². The highest BCUT2D eigenvalue weighted by Gasteiger charge is 2.32. The molecule has 1 heterocycles. The van der Waals surface area contributed by atoms with Crippen molar-refractivity contribution in [1.29, 1.82) is 0 Å². The third kappa shape index (κ3) is 4.18. The lowest BCUT2D eigenvalue weighted by molar-refractivity contribution is -0.136. The van der Waals surface area contributed by atoms with Crippen molar-refractivity contribution in [3.63, 3.8) is 0 Å². The number of carbonyl (C=O) groups is 1. The second-order valence-corrected chi connectivity index (χ2v) is 5.84. The molecular weight excluding hydrogens is 287 g/mol. The van der Waals surface area contributed by atoms with Gasteiger partial charge in [0.25, 0.3) is 5.91 Å². The average molecular weight is 310 g/mol. The van der Waals surface area contributed by atoms with Crippen LogP contribution >= 0.6 is 0 Å². The van der Waals surface area contributed by atoms with E-state index >= 15 is 0 Å². The average Bonchev–Trinajstić information content (AvgIpc) is 2.53. The van der Waals surface area contributed by atoms with E-state index in [9.17, 15) is 14.3 Å². The number of amides is 1. The van der Waals surface area contributed by atoms with E-state index in [0.29, 0.717) is 18.8 Å². The fourth-order valence-electron chi connectivity index (χ4n) is 2.77. The lowest BCUT2D eigenvalue weighted by Crippen LogP contribution is -2.53. The number of aliphatic hydroxyl groups excluding tert-OH is 1. The Hall–Kier alpha value is -1.66. The molecule has 1 N–H and O–H groups in total. The summed E-state index contributed by atoms with van der Waals surface area (Å²) in [6.07, 6.45) is 0.779. The number of ether oxygens (including phenoxy) is 1. The lowest BCUT2D eigenvalue weighted by Gasteiger charge is -2.41. The Labute approximate surface area is 130 Å². The van der Waals surface area contributed by atoms with Crippen molar-refractivity contribution in [3.05, 3.63) is 30.1 Å². The fourth-order valence-corrected chi connectivity index (χ4v) is 2.77. The van der Waals surface area contributed by atoms with E-state index in [-0.39, 0.29) is 36.9 Å². The summed E-state index contributed by atoms with van der Waals surface area (Å²) in [4.78, 5) is 16.1. The number of rotatable bonds is 5. The molecule has 6 heteroatoms. The minimum atomic E-state index is -0.335. The van der Waals surface area contributed by atoms with Gasteiger partial charge in [0, 0.05) is 31.7 Å². The molecule has 0 radical (unpaired) electrons. The number of benzene rings is 1. The maximum atomic E-state index is 12.8. The number of likely N-dealkylation sites (N-methyl/N-ethyl adjacent to an activating group) is 1. The first kappa shape index (κ1) is 16.7. The van der Waals surface area contributed by atoms with Crippen molar-refractivity contribution in [1.82, 2.24) is 9.80 Å². The molecule has 5 nitrogen and oxygen atoms in total. The summed E-state index contributed by atoms with van der Waals surface area (Å²) in [7, 11) is 3.91. The maximum absolute atomic E-state index is 12.8.